The molecule has 6 heteroatoms. The summed E-state index contributed by atoms with van der Waals surface area (Å²) in [6.45, 7) is 5.83. The molecule has 116 valence electrons. The van der Waals surface area contributed by atoms with Crippen molar-refractivity contribution in [2.24, 2.45) is 5.92 Å². The second-order valence-corrected chi connectivity index (χ2v) is 6.12. The van der Waals surface area contributed by atoms with Gasteiger partial charge in [0.05, 0.1) is 0 Å². The van der Waals surface area contributed by atoms with E-state index < -0.39 is 12.0 Å². The molecule has 1 fully saturated rings. The third-order valence-electron chi connectivity index (χ3n) is 3.86. The molecule has 0 aromatic heterocycles. The normalized spacial score (nSPS) is 18.9. The van der Waals surface area contributed by atoms with Crippen LogP contribution in [0, 0.1) is 5.92 Å². The molecule has 0 bridgehead atoms. The first-order valence-corrected chi connectivity index (χ1v) is 7.26. The fraction of sp³-hybridized carbons (Fsp3) is 0.857. The molecule has 1 rings (SSSR count). The number of carbonyl (C=O) groups excluding carboxylic acids is 1. The molecule has 20 heavy (non-hydrogen) atoms. The Morgan fingerprint density at radius 3 is 2.35 bits per heavy atom. The minimum absolute atomic E-state index is 0.194. The van der Waals surface area contributed by atoms with Gasteiger partial charge >= 0.3 is 12.0 Å². The lowest BCUT2D eigenvalue weighted by Crippen LogP contribution is -2.52. The second-order valence-electron chi connectivity index (χ2n) is 6.12. The predicted molar refractivity (Wildman–Crippen MR) is 77.7 cm³/mol. The smallest absolute Gasteiger partial charge is 0.326 e. The van der Waals surface area contributed by atoms with Crippen molar-refractivity contribution in [1.82, 2.24) is 15.1 Å². The number of rotatable bonds is 5. The first kappa shape index (κ1) is 16.8. The van der Waals surface area contributed by atoms with Gasteiger partial charge in [-0.25, -0.2) is 9.59 Å². The van der Waals surface area contributed by atoms with Crippen LogP contribution in [0.5, 0.6) is 0 Å². The number of carbonyl (C=O) groups is 2. The molecule has 6 nitrogen and oxygen atoms in total. The van der Waals surface area contributed by atoms with E-state index in [1.54, 1.807) is 11.9 Å². The van der Waals surface area contributed by atoms with E-state index in [0.717, 1.165) is 25.9 Å². The van der Waals surface area contributed by atoms with E-state index in [2.05, 4.69) is 17.3 Å². The number of urea groups is 1. The van der Waals surface area contributed by atoms with Crippen LogP contribution in [0.3, 0.4) is 0 Å². The molecule has 0 aromatic carbocycles. The lowest BCUT2D eigenvalue weighted by Gasteiger charge is -2.35. The van der Waals surface area contributed by atoms with Crippen LogP contribution in [0.2, 0.25) is 0 Å². The summed E-state index contributed by atoms with van der Waals surface area (Å²) in [5, 5.41) is 11.8. The van der Waals surface area contributed by atoms with E-state index in [1.807, 2.05) is 13.8 Å². The molecule has 0 unspecified atom stereocenters. The number of carboxylic acids is 1. The zero-order valence-corrected chi connectivity index (χ0v) is 12.9. The molecule has 2 N–H and O–H groups in total. The first-order chi connectivity index (χ1) is 9.31. The molecule has 1 aliphatic heterocycles. The molecule has 0 saturated carbocycles. The minimum atomic E-state index is -0.969. The lowest BCUT2D eigenvalue weighted by atomic mass is 10.0. The zero-order chi connectivity index (χ0) is 15.3. The Bertz CT molecular complexity index is 339. The molecule has 1 heterocycles. The highest BCUT2D eigenvalue weighted by molar-refractivity contribution is 5.82. The molecule has 1 saturated heterocycles. The Labute approximate surface area is 121 Å². The average Bonchev–Trinajstić information content (AvgIpc) is 2.37. The fourth-order valence-corrected chi connectivity index (χ4v) is 2.49. The Morgan fingerprint density at radius 2 is 1.90 bits per heavy atom. The molecule has 0 spiro atoms. The van der Waals surface area contributed by atoms with E-state index in [4.69, 9.17) is 5.11 Å². The number of piperidine rings is 1. The van der Waals surface area contributed by atoms with Gasteiger partial charge in [-0.3, -0.25) is 0 Å². The maximum Gasteiger partial charge on any atom is 0.326 e. The molecule has 2 amide bonds. The average molecular weight is 285 g/mol. The van der Waals surface area contributed by atoms with E-state index in [9.17, 15) is 9.59 Å². The van der Waals surface area contributed by atoms with Gasteiger partial charge in [0, 0.05) is 13.1 Å². The van der Waals surface area contributed by atoms with Crippen molar-refractivity contribution < 1.29 is 14.7 Å². The monoisotopic (exact) mass is 285 g/mol. The van der Waals surface area contributed by atoms with Crippen molar-refractivity contribution >= 4 is 12.0 Å². The van der Waals surface area contributed by atoms with Gasteiger partial charge in [-0.05, 0) is 45.3 Å². The van der Waals surface area contributed by atoms with Crippen LogP contribution >= 0.6 is 0 Å². The Kier molecular flexibility index (Phi) is 6.26. The van der Waals surface area contributed by atoms with Crippen LogP contribution in [0.15, 0.2) is 0 Å². The van der Waals surface area contributed by atoms with Gasteiger partial charge in [0.25, 0.3) is 0 Å². The van der Waals surface area contributed by atoms with Crippen LogP contribution in [0.25, 0.3) is 0 Å². The summed E-state index contributed by atoms with van der Waals surface area (Å²) in [6, 6.07) is -0.900. The van der Waals surface area contributed by atoms with E-state index in [1.165, 1.54) is 0 Å². The minimum Gasteiger partial charge on any atom is -0.480 e. The maximum absolute atomic E-state index is 12.2. The number of aliphatic carboxylic acids is 1. The Hall–Kier alpha value is -1.30. The summed E-state index contributed by atoms with van der Waals surface area (Å²) in [5.41, 5.74) is 0. The van der Waals surface area contributed by atoms with Gasteiger partial charge in [-0.1, -0.05) is 13.8 Å². The summed E-state index contributed by atoms with van der Waals surface area (Å²) in [6.07, 6.45) is 2.31. The highest BCUT2D eigenvalue weighted by atomic mass is 16.4. The third kappa shape index (κ3) is 5.00. The van der Waals surface area contributed by atoms with Crippen molar-refractivity contribution in [3.05, 3.63) is 0 Å². The first-order valence-electron chi connectivity index (χ1n) is 7.26. The van der Waals surface area contributed by atoms with Gasteiger partial charge < -0.3 is 20.2 Å². The van der Waals surface area contributed by atoms with Crippen molar-refractivity contribution in [2.75, 3.05) is 27.2 Å². The molecular weight excluding hydrogens is 258 g/mol. The summed E-state index contributed by atoms with van der Waals surface area (Å²) in [5.74, 6) is -0.742. The van der Waals surface area contributed by atoms with Crippen molar-refractivity contribution in [2.45, 2.75) is 45.2 Å². The van der Waals surface area contributed by atoms with Crippen LogP contribution in [0.1, 0.15) is 33.1 Å². The van der Waals surface area contributed by atoms with Crippen molar-refractivity contribution in [1.29, 1.82) is 0 Å². The van der Waals surface area contributed by atoms with E-state index in [0.29, 0.717) is 6.42 Å². The number of carboxylic acid groups (broad SMARTS) is 1. The molecular formula is C14H27N3O3. The number of amides is 2. The van der Waals surface area contributed by atoms with Crippen LogP contribution in [-0.4, -0.2) is 66.2 Å². The summed E-state index contributed by atoms with van der Waals surface area (Å²) >= 11 is 0. The van der Waals surface area contributed by atoms with Crippen LogP contribution in [0.4, 0.5) is 4.79 Å². The predicted octanol–water partition coefficient (Wildman–Crippen LogP) is 1.22. The third-order valence-corrected chi connectivity index (χ3v) is 3.86. The van der Waals surface area contributed by atoms with E-state index >= 15 is 0 Å². The Balaban J connectivity index is 2.53. The summed E-state index contributed by atoms with van der Waals surface area (Å²) in [4.78, 5) is 27.2. The van der Waals surface area contributed by atoms with Gasteiger partial charge in [-0.15, -0.1) is 0 Å². The molecule has 0 aliphatic carbocycles. The number of nitrogens with zero attached hydrogens (tertiary/aromatic N) is 2. The quantitative estimate of drug-likeness (QED) is 0.796. The lowest BCUT2D eigenvalue weighted by molar-refractivity contribution is -0.139. The topological polar surface area (TPSA) is 72.9 Å². The van der Waals surface area contributed by atoms with Gasteiger partial charge in [0.1, 0.15) is 6.04 Å². The maximum atomic E-state index is 12.2. The van der Waals surface area contributed by atoms with Crippen LogP contribution < -0.4 is 5.32 Å². The number of nitrogens with one attached hydrogen (secondary N) is 1. The second kappa shape index (κ2) is 7.47. The SMILES string of the molecule is CC(C)C[C@@H](NC(=O)N(C)C1CCN(C)CC1)C(=O)O. The standard InChI is InChI=1S/C14H27N3O3/c1-10(2)9-12(13(18)19)15-14(20)17(4)11-5-7-16(3)8-6-11/h10-12H,5-9H2,1-4H3,(H,15,20)(H,18,19)/t12-/m1/s1. The summed E-state index contributed by atoms with van der Waals surface area (Å²) < 4.78 is 0. The molecule has 1 aliphatic rings. The van der Waals surface area contributed by atoms with Crippen LogP contribution in [-0.2, 0) is 4.79 Å². The van der Waals surface area contributed by atoms with Gasteiger partial charge in [0.15, 0.2) is 0 Å². The molecule has 0 radical (unpaired) electrons. The largest absolute Gasteiger partial charge is 0.480 e. The van der Waals surface area contributed by atoms with Crippen molar-refractivity contribution in [3.8, 4) is 0 Å². The van der Waals surface area contributed by atoms with Crippen molar-refractivity contribution in [3.63, 3.8) is 0 Å². The summed E-state index contributed by atoms with van der Waals surface area (Å²) in [7, 11) is 3.82. The van der Waals surface area contributed by atoms with Gasteiger partial charge in [-0.2, -0.15) is 0 Å². The number of likely N-dealkylation sites (tertiary alicyclic amines) is 1. The molecule has 0 aromatic rings. The number of hydrogen-bond donors (Lipinski definition) is 2. The fourth-order valence-electron chi connectivity index (χ4n) is 2.49. The Morgan fingerprint density at radius 1 is 1.35 bits per heavy atom. The molecule has 1 atom stereocenters. The van der Waals surface area contributed by atoms with Gasteiger partial charge in [0.2, 0.25) is 0 Å². The number of hydrogen-bond acceptors (Lipinski definition) is 3. The highest BCUT2D eigenvalue weighted by Crippen LogP contribution is 2.14. The van der Waals surface area contributed by atoms with E-state index in [-0.39, 0.29) is 18.0 Å². The highest BCUT2D eigenvalue weighted by Gasteiger charge is 2.27. The zero-order valence-electron chi connectivity index (χ0n) is 12.9.